The molecule has 10 heteroatoms. The molecular formula is C47H69ClN2O7. The van der Waals surface area contributed by atoms with Crippen molar-refractivity contribution in [2.24, 2.45) is 50.7 Å². The molecule has 0 saturated heterocycles. The lowest BCUT2D eigenvalue weighted by Crippen LogP contribution is -2.75. The van der Waals surface area contributed by atoms with Crippen LogP contribution in [0.4, 0.5) is 0 Å². The Morgan fingerprint density at radius 3 is 2.23 bits per heavy atom. The minimum absolute atomic E-state index is 0.0251. The van der Waals surface area contributed by atoms with Crippen molar-refractivity contribution in [2.45, 2.75) is 158 Å². The van der Waals surface area contributed by atoms with E-state index in [4.69, 9.17) is 16.3 Å². The quantitative estimate of drug-likeness (QED) is 0.179. The van der Waals surface area contributed by atoms with Gasteiger partial charge >= 0.3 is 11.9 Å². The highest BCUT2D eigenvalue weighted by atomic mass is 35.5. The maximum absolute atomic E-state index is 14.2. The highest BCUT2D eigenvalue weighted by Crippen LogP contribution is 2.76. The molecule has 0 heterocycles. The molecule has 5 aliphatic rings. The molecule has 0 aromatic heterocycles. The number of aliphatic carboxylic acids is 1. The Hall–Kier alpha value is -2.75. The lowest BCUT2D eigenvalue weighted by molar-refractivity contribution is -0.233. The van der Waals surface area contributed by atoms with Gasteiger partial charge in [0.1, 0.15) is 6.10 Å². The van der Waals surface area contributed by atoms with Crippen molar-refractivity contribution in [3.05, 3.63) is 46.0 Å². The zero-order chi connectivity index (χ0) is 42.1. The van der Waals surface area contributed by atoms with E-state index in [2.05, 4.69) is 53.8 Å². The molecule has 10 atom stereocenters. The molecule has 0 radical (unpaired) electrons. The highest BCUT2D eigenvalue weighted by molar-refractivity contribution is 6.30. The fourth-order valence-corrected chi connectivity index (χ4v) is 13.8. The van der Waals surface area contributed by atoms with E-state index in [1.54, 1.807) is 25.7 Å². The van der Waals surface area contributed by atoms with Crippen LogP contribution in [-0.4, -0.2) is 69.6 Å². The number of carbonyl (C=O) groups excluding carboxylic acids is 3. The second-order valence-corrected chi connectivity index (χ2v) is 20.9. The molecule has 9 nitrogen and oxygen atoms in total. The maximum atomic E-state index is 14.2. The molecule has 316 valence electrons. The second-order valence-electron chi connectivity index (χ2n) is 20.4. The largest absolute Gasteiger partial charge is 0.481 e. The number of ether oxygens (including phenoxy) is 1. The van der Waals surface area contributed by atoms with Gasteiger partial charge in [-0.2, -0.15) is 0 Å². The third kappa shape index (κ3) is 6.91. The van der Waals surface area contributed by atoms with Gasteiger partial charge in [-0.25, -0.2) is 0 Å². The number of allylic oxidation sites excluding steroid dienone is 1. The van der Waals surface area contributed by atoms with Crippen LogP contribution in [0.3, 0.4) is 0 Å². The van der Waals surface area contributed by atoms with Gasteiger partial charge in [0.25, 0.3) is 0 Å². The van der Waals surface area contributed by atoms with Gasteiger partial charge in [0, 0.05) is 48.3 Å². The monoisotopic (exact) mass is 808 g/mol. The van der Waals surface area contributed by atoms with Crippen molar-refractivity contribution in [1.29, 1.82) is 0 Å². The van der Waals surface area contributed by atoms with Gasteiger partial charge in [-0.15, -0.1) is 0 Å². The average molecular weight is 810 g/mol. The molecule has 0 aliphatic heterocycles. The van der Waals surface area contributed by atoms with Crippen LogP contribution in [0.15, 0.2) is 35.4 Å². The number of carbonyl (C=O) groups is 4. The van der Waals surface area contributed by atoms with Crippen LogP contribution in [-0.2, 0) is 30.5 Å². The Labute approximate surface area is 346 Å². The Bertz CT molecular complexity index is 1790. The number of aliphatic hydroxyl groups excluding tert-OH is 1. The first-order chi connectivity index (χ1) is 26.5. The number of hydrogen-bond acceptors (Lipinski definition) is 7. The number of halogens is 1. The number of carboxylic acid groups (broad SMARTS) is 1. The first-order valence-corrected chi connectivity index (χ1v) is 22.0. The van der Waals surface area contributed by atoms with Crippen LogP contribution in [0.1, 0.15) is 139 Å². The lowest BCUT2D eigenvalue weighted by Gasteiger charge is -2.74. The molecule has 1 aromatic rings. The van der Waals surface area contributed by atoms with Gasteiger partial charge in [-0.05, 0) is 129 Å². The maximum Gasteiger partial charge on any atom is 0.309 e. The number of benzene rings is 1. The van der Waals surface area contributed by atoms with E-state index < -0.39 is 28.9 Å². The molecule has 3 N–H and O–H groups in total. The van der Waals surface area contributed by atoms with E-state index in [0.717, 1.165) is 62.6 Å². The van der Waals surface area contributed by atoms with E-state index >= 15 is 0 Å². The number of amides is 1. The van der Waals surface area contributed by atoms with Crippen LogP contribution in [0.25, 0.3) is 0 Å². The van der Waals surface area contributed by atoms with Crippen molar-refractivity contribution in [3.8, 4) is 0 Å². The predicted molar refractivity (Wildman–Crippen MR) is 222 cm³/mol. The van der Waals surface area contributed by atoms with E-state index in [-0.39, 0.29) is 70.3 Å². The van der Waals surface area contributed by atoms with Gasteiger partial charge in [-0.3, -0.25) is 19.2 Å². The van der Waals surface area contributed by atoms with Crippen molar-refractivity contribution in [2.75, 3.05) is 13.1 Å². The Morgan fingerprint density at radius 2 is 1.63 bits per heavy atom. The fraction of sp³-hybridized carbons (Fsp3) is 0.745. The van der Waals surface area contributed by atoms with Gasteiger partial charge in [0.2, 0.25) is 5.91 Å². The van der Waals surface area contributed by atoms with Crippen LogP contribution < -0.4 is 5.32 Å². The average Bonchev–Trinajstić information content (AvgIpc) is 3.44. The zero-order valence-electron chi connectivity index (χ0n) is 36.2. The summed E-state index contributed by atoms with van der Waals surface area (Å²) < 4.78 is 6.19. The minimum atomic E-state index is -1.20. The van der Waals surface area contributed by atoms with Gasteiger partial charge in [0.15, 0.2) is 5.78 Å². The number of ketones is 1. The number of aliphatic hydroxyl groups is 1. The van der Waals surface area contributed by atoms with Crippen molar-refractivity contribution in [3.63, 3.8) is 0 Å². The van der Waals surface area contributed by atoms with Gasteiger partial charge in [-0.1, -0.05) is 77.8 Å². The summed E-state index contributed by atoms with van der Waals surface area (Å²) in [7, 11) is 0. The molecule has 6 rings (SSSR count). The van der Waals surface area contributed by atoms with Gasteiger partial charge in [0.05, 0.1) is 17.9 Å². The summed E-state index contributed by atoms with van der Waals surface area (Å²) in [5.74, 6) is -0.871. The number of hydrogen-bond donors (Lipinski definition) is 3. The third-order valence-electron chi connectivity index (χ3n) is 17.0. The summed E-state index contributed by atoms with van der Waals surface area (Å²) in [6, 6.07) is 7.45. The van der Waals surface area contributed by atoms with E-state index in [9.17, 15) is 29.4 Å². The van der Waals surface area contributed by atoms with Crippen LogP contribution in [0, 0.1) is 50.7 Å². The summed E-state index contributed by atoms with van der Waals surface area (Å²) in [5, 5.41) is 26.8. The number of rotatable bonds is 12. The summed E-state index contributed by atoms with van der Waals surface area (Å²) in [4.78, 5) is 54.1. The fourth-order valence-electron chi connectivity index (χ4n) is 13.7. The van der Waals surface area contributed by atoms with Crippen LogP contribution in [0.2, 0.25) is 5.02 Å². The molecule has 4 saturated carbocycles. The van der Waals surface area contributed by atoms with Crippen molar-refractivity contribution < 1.29 is 34.1 Å². The molecule has 4 fully saturated rings. The second kappa shape index (κ2) is 15.4. The summed E-state index contributed by atoms with van der Waals surface area (Å²) in [5.41, 5.74) is 0.546. The Morgan fingerprint density at radius 1 is 0.982 bits per heavy atom. The van der Waals surface area contributed by atoms with E-state index in [0.29, 0.717) is 30.3 Å². The third-order valence-corrected chi connectivity index (χ3v) is 17.3. The van der Waals surface area contributed by atoms with Gasteiger partial charge < -0.3 is 25.2 Å². The molecule has 10 unspecified atom stereocenters. The zero-order valence-corrected chi connectivity index (χ0v) is 37.0. The number of esters is 1. The van der Waals surface area contributed by atoms with Crippen molar-refractivity contribution >= 4 is 35.2 Å². The summed E-state index contributed by atoms with van der Waals surface area (Å²) in [6.07, 6.45) is 5.97. The number of nitrogens with zero attached hydrogens (tertiary/aromatic N) is 1. The number of fused-ring (bicyclic) bond motifs is 7. The van der Waals surface area contributed by atoms with E-state index in [1.165, 1.54) is 5.57 Å². The molecule has 1 amide bonds. The van der Waals surface area contributed by atoms with Crippen LogP contribution >= 0.6 is 11.6 Å². The Kier molecular flexibility index (Phi) is 11.8. The normalized spacial score (nSPS) is 36.8. The molecule has 1 aromatic carbocycles. The molecule has 57 heavy (non-hydrogen) atoms. The predicted octanol–water partition coefficient (Wildman–Crippen LogP) is 8.78. The summed E-state index contributed by atoms with van der Waals surface area (Å²) >= 11 is 6.15. The van der Waals surface area contributed by atoms with Crippen molar-refractivity contribution in [1.82, 2.24) is 10.2 Å². The minimum Gasteiger partial charge on any atom is -0.481 e. The topological polar surface area (TPSA) is 133 Å². The first-order valence-electron chi connectivity index (χ1n) is 21.7. The lowest BCUT2D eigenvalue weighted by atomic mass is 9.32. The molecule has 0 bridgehead atoms. The summed E-state index contributed by atoms with van der Waals surface area (Å²) in [6.45, 7) is 22.1. The highest BCUT2D eigenvalue weighted by Gasteiger charge is 2.73. The molecule has 5 aliphatic carbocycles. The Balaban J connectivity index is 1.32. The standard InChI is InChI=1S/C47H69ClN2O7/c1-11-49-47-23-21-44(9)36(45(47,10)19-18-35(29(47)4)57-38(54)25-42(6,7)41(55)56)17-16-33-40-39(28(2)3)34(52)24-46(40,22-20-43(33,44)8)37(53)27-50(30(5)51)26-31-12-14-32(48)15-13-31/h12-15,28-29,33,35-37,49,53H,11,16-27H2,1-10H3,(H,55,56). The number of carboxylic acids is 1. The smallest absolute Gasteiger partial charge is 0.309 e. The van der Waals surface area contributed by atoms with Crippen LogP contribution in [0.5, 0.6) is 0 Å². The van der Waals surface area contributed by atoms with E-state index in [1.807, 2.05) is 24.3 Å². The number of nitrogens with one attached hydrogen (secondary N) is 1. The number of Topliss-reactive ketones (excluding diaryl/α,β-unsaturated/α-hetero) is 1. The first kappa shape index (κ1) is 43.8. The molecule has 0 spiro atoms. The molecular weight excluding hydrogens is 740 g/mol. The SMILES string of the molecule is CCNC12CCC3(C)C(CCC4C5=C(C(C)C)C(=O)CC5(C(O)CN(Cc5ccc(Cl)cc5)C(C)=O)CCC43C)C1(C)CCC(OC(=O)CC(C)(C)C(=O)O)C2C.